The number of hydrogen-bond donors (Lipinski definition) is 0. The van der Waals surface area contributed by atoms with Gasteiger partial charge in [-0.1, -0.05) is 15.9 Å². The van der Waals surface area contributed by atoms with Crippen LogP contribution in [0.4, 0.5) is 0 Å². The van der Waals surface area contributed by atoms with Gasteiger partial charge in [0, 0.05) is 11.9 Å². The lowest BCUT2D eigenvalue weighted by Gasteiger charge is -2.34. The summed E-state index contributed by atoms with van der Waals surface area (Å²) in [5, 5.41) is 0.738. The van der Waals surface area contributed by atoms with Crippen molar-refractivity contribution in [2.75, 3.05) is 25.1 Å². The quantitative estimate of drug-likeness (QED) is 0.649. The van der Waals surface area contributed by atoms with E-state index in [1.165, 1.54) is 11.3 Å². The number of morpholine rings is 1. The lowest BCUT2D eigenvalue weighted by Crippen LogP contribution is -2.49. The second-order valence-corrected chi connectivity index (χ2v) is 8.02. The minimum Gasteiger partial charge on any atom is -0.377 e. The predicted molar refractivity (Wildman–Crippen MR) is 79.2 cm³/mol. The lowest BCUT2D eigenvalue weighted by molar-refractivity contribution is 0.00523. The number of nitrogens with zero attached hydrogens (tertiary/aromatic N) is 1. The molecule has 2 heterocycles. The topological polar surface area (TPSA) is 29.5 Å². The van der Waals surface area contributed by atoms with Crippen molar-refractivity contribution in [2.45, 2.75) is 6.04 Å². The molecule has 1 aliphatic rings. The van der Waals surface area contributed by atoms with Gasteiger partial charge in [0.15, 0.2) is 0 Å². The molecule has 1 fully saturated rings. The third-order valence-corrected chi connectivity index (χ3v) is 5.64. The predicted octanol–water partition coefficient (Wildman–Crippen LogP) is 3.51. The molecule has 0 spiro atoms. The van der Waals surface area contributed by atoms with Gasteiger partial charge in [0.1, 0.15) is 0 Å². The van der Waals surface area contributed by atoms with E-state index >= 15 is 0 Å². The van der Waals surface area contributed by atoms with Gasteiger partial charge in [-0.05, 0) is 37.9 Å². The van der Waals surface area contributed by atoms with Crippen molar-refractivity contribution in [3.63, 3.8) is 0 Å². The summed E-state index contributed by atoms with van der Waals surface area (Å²) >= 11 is 11.8. The lowest BCUT2D eigenvalue weighted by atomic mass is 10.2. The van der Waals surface area contributed by atoms with Gasteiger partial charge in [-0.2, -0.15) is 0 Å². The molecule has 94 valence electrons. The van der Waals surface area contributed by atoms with Crippen LogP contribution in [0.3, 0.4) is 0 Å². The van der Waals surface area contributed by atoms with Gasteiger partial charge >= 0.3 is 0 Å². The Kier molecular flexibility index (Phi) is 5.06. The second-order valence-electron chi connectivity index (χ2n) is 3.62. The van der Waals surface area contributed by atoms with Crippen molar-refractivity contribution in [1.29, 1.82) is 0 Å². The Morgan fingerprint density at radius 2 is 2.35 bits per heavy atom. The molecule has 0 radical (unpaired) electrons. The Balaban J connectivity index is 2.21. The maximum atomic E-state index is 12.4. The summed E-state index contributed by atoms with van der Waals surface area (Å²) in [6.45, 7) is 1.85. The van der Waals surface area contributed by atoms with Crippen LogP contribution >= 0.6 is 59.1 Å². The molecular weight excluding hydrogens is 438 g/mol. The van der Waals surface area contributed by atoms with E-state index in [-0.39, 0.29) is 11.9 Å². The van der Waals surface area contributed by atoms with Crippen molar-refractivity contribution >= 4 is 65.0 Å². The van der Waals surface area contributed by atoms with E-state index in [4.69, 9.17) is 4.74 Å². The first-order chi connectivity index (χ1) is 8.13. The van der Waals surface area contributed by atoms with E-state index in [2.05, 4.69) is 47.8 Å². The average molecular weight is 448 g/mol. The SMILES string of the molecule is O=C(c1cc(Br)sc1Br)N1CCOCC1CBr. The minimum absolute atomic E-state index is 0.0616. The molecule has 0 bridgehead atoms. The van der Waals surface area contributed by atoms with Gasteiger partial charge in [-0.15, -0.1) is 11.3 Å². The highest BCUT2D eigenvalue weighted by atomic mass is 79.9. The summed E-state index contributed by atoms with van der Waals surface area (Å²) in [4.78, 5) is 14.3. The van der Waals surface area contributed by atoms with Crippen molar-refractivity contribution in [3.8, 4) is 0 Å². The summed E-state index contributed by atoms with van der Waals surface area (Å²) < 4.78 is 7.21. The van der Waals surface area contributed by atoms with Gasteiger partial charge in [-0.25, -0.2) is 0 Å². The van der Waals surface area contributed by atoms with Crippen LogP contribution in [-0.2, 0) is 4.74 Å². The van der Waals surface area contributed by atoms with E-state index in [1.807, 2.05) is 11.0 Å². The summed E-state index contributed by atoms with van der Waals surface area (Å²) in [6, 6.07) is 1.97. The number of carbonyl (C=O) groups is 1. The molecule has 0 aromatic carbocycles. The zero-order valence-electron chi connectivity index (χ0n) is 8.79. The first-order valence-electron chi connectivity index (χ1n) is 5.03. The summed E-state index contributed by atoms with van der Waals surface area (Å²) in [5.41, 5.74) is 0.717. The standard InChI is InChI=1S/C10H10Br3NO2S/c11-4-6-5-16-2-1-14(6)10(15)7-3-8(12)17-9(7)13/h3,6H,1-2,4-5H2. The Morgan fingerprint density at radius 1 is 1.59 bits per heavy atom. The number of halogens is 3. The first-order valence-corrected chi connectivity index (χ1v) is 8.55. The van der Waals surface area contributed by atoms with Gasteiger partial charge in [0.25, 0.3) is 5.91 Å². The highest BCUT2D eigenvalue weighted by Gasteiger charge is 2.29. The van der Waals surface area contributed by atoms with Crippen LogP contribution in [0.15, 0.2) is 13.6 Å². The van der Waals surface area contributed by atoms with Crippen molar-refractivity contribution < 1.29 is 9.53 Å². The zero-order valence-corrected chi connectivity index (χ0v) is 14.4. The average Bonchev–Trinajstić information content (AvgIpc) is 2.67. The molecule has 1 atom stereocenters. The summed E-state index contributed by atoms with van der Waals surface area (Å²) in [6.07, 6.45) is 0. The molecule has 0 saturated carbocycles. The molecule has 1 aliphatic heterocycles. The van der Waals surface area contributed by atoms with Crippen LogP contribution < -0.4 is 0 Å². The van der Waals surface area contributed by atoms with Crippen LogP contribution in [0.2, 0.25) is 0 Å². The van der Waals surface area contributed by atoms with Crippen LogP contribution in [0.25, 0.3) is 0 Å². The number of amides is 1. The highest BCUT2D eigenvalue weighted by molar-refractivity contribution is 9.12. The van der Waals surface area contributed by atoms with E-state index < -0.39 is 0 Å². The van der Waals surface area contributed by atoms with Crippen LogP contribution in [0.1, 0.15) is 10.4 Å². The first kappa shape index (κ1) is 14.0. The fraction of sp³-hybridized carbons (Fsp3) is 0.500. The van der Waals surface area contributed by atoms with E-state index in [9.17, 15) is 4.79 Å². The Bertz CT molecular complexity index is 424. The van der Waals surface area contributed by atoms with Gasteiger partial charge < -0.3 is 9.64 Å². The fourth-order valence-electron chi connectivity index (χ4n) is 1.69. The van der Waals surface area contributed by atoms with Crippen LogP contribution in [0, 0.1) is 0 Å². The molecule has 1 aromatic rings. The summed E-state index contributed by atoms with van der Waals surface area (Å²) in [7, 11) is 0. The Labute approximate surface area is 129 Å². The molecule has 1 amide bonds. The highest BCUT2D eigenvalue weighted by Crippen LogP contribution is 2.33. The number of ether oxygens (including phenoxy) is 1. The number of thiophene rings is 1. The second kappa shape index (κ2) is 6.14. The molecule has 1 aromatic heterocycles. The van der Waals surface area contributed by atoms with Gasteiger partial charge in [-0.3, -0.25) is 4.79 Å². The normalized spacial score (nSPS) is 20.6. The maximum absolute atomic E-state index is 12.4. The molecule has 1 saturated heterocycles. The number of hydrogen-bond acceptors (Lipinski definition) is 3. The van der Waals surface area contributed by atoms with Crippen LogP contribution in [0.5, 0.6) is 0 Å². The molecule has 0 aliphatic carbocycles. The van der Waals surface area contributed by atoms with Crippen molar-refractivity contribution in [1.82, 2.24) is 4.90 Å². The Hall–Kier alpha value is 0.570. The summed E-state index contributed by atoms with van der Waals surface area (Å²) in [5.74, 6) is 0.0616. The molecule has 2 rings (SSSR count). The molecule has 1 unspecified atom stereocenters. The number of alkyl halides is 1. The molecular formula is C10H10Br3NO2S. The largest absolute Gasteiger partial charge is 0.377 e. The van der Waals surface area contributed by atoms with Gasteiger partial charge in [0.2, 0.25) is 0 Å². The Morgan fingerprint density at radius 3 is 2.94 bits per heavy atom. The molecule has 7 heteroatoms. The third-order valence-electron chi connectivity index (χ3n) is 2.55. The van der Waals surface area contributed by atoms with E-state index in [1.54, 1.807) is 0 Å². The smallest absolute Gasteiger partial charge is 0.256 e. The fourth-order valence-corrected chi connectivity index (χ4v) is 5.00. The van der Waals surface area contributed by atoms with Crippen LogP contribution in [-0.4, -0.2) is 41.9 Å². The number of rotatable bonds is 2. The molecule has 0 N–H and O–H groups in total. The molecule has 17 heavy (non-hydrogen) atoms. The minimum atomic E-state index is 0.0616. The maximum Gasteiger partial charge on any atom is 0.256 e. The van der Waals surface area contributed by atoms with Crippen molar-refractivity contribution in [2.24, 2.45) is 0 Å². The van der Waals surface area contributed by atoms with E-state index in [0.717, 1.165) is 18.5 Å². The number of carbonyl (C=O) groups excluding carboxylic acids is 1. The monoisotopic (exact) mass is 445 g/mol. The van der Waals surface area contributed by atoms with Gasteiger partial charge in [0.05, 0.1) is 32.4 Å². The van der Waals surface area contributed by atoms with Crippen molar-refractivity contribution in [3.05, 3.63) is 19.2 Å². The molecule has 3 nitrogen and oxygen atoms in total. The third kappa shape index (κ3) is 3.12. The zero-order chi connectivity index (χ0) is 12.4. The van der Waals surface area contributed by atoms with E-state index in [0.29, 0.717) is 19.8 Å².